The van der Waals surface area contributed by atoms with Crippen molar-refractivity contribution < 1.29 is 14.6 Å². The van der Waals surface area contributed by atoms with Gasteiger partial charge in [-0.3, -0.25) is 4.79 Å². The molecule has 1 fully saturated rings. The fraction of sp³-hybridized carbons (Fsp3) is 0.909. The molecule has 0 saturated carbocycles. The van der Waals surface area contributed by atoms with Crippen molar-refractivity contribution in [2.24, 2.45) is 0 Å². The van der Waals surface area contributed by atoms with E-state index in [0.29, 0.717) is 6.10 Å². The normalized spacial score (nSPS) is 21.1. The molecule has 0 spiro atoms. The summed E-state index contributed by atoms with van der Waals surface area (Å²) in [5, 5.41) is 8.54. The van der Waals surface area contributed by atoms with Crippen LogP contribution in [0.4, 0.5) is 0 Å². The van der Waals surface area contributed by atoms with Gasteiger partial charge in [0.25, 0.3) is 0 Å². The van der Waals surface area contributed by atoms with Gasteiger partial charge in [0, 0.05) is 19.6 Å². The van der Waals surface area contributed by atoms with E-state index in [1.807, 2.05) is 0 Å². The van der Waals surface area contributed by atoms with Gasteiger partial charge in [-0.05, 0) is 32.4 Å². The molecular formula is C11H21NO3. The topological polar surface area (TPSA) is 49.8 Å². The van der Waals surface area contributed by atoms with E-state index in [0.717, 1.165) is 45.5 Å². The first-order chi connectivity index (χ1) is 7.22. The van der Waals surface area contributed by atoms with Crippen LogP contribution in [0.3, 0.4) is 0 Å². The summed E-state index contributed by atoms with van der Waals surface area (Å²) < 4.78 is 5.55. The third-order valence-electron chi connectivity index (χ3n) is 2.80. The quantitative estimate of drug-likeness (QED) is 0.696. The fourth-order valence-corrected chi connectivity index (χ4v) is 1.91. The molecule has 0 aromatic carbocycles. The number of ether oxygens (including phenoxy) is 1. The summed E-state index contributed by atoms with van der Waals surface area (Å²) in [4.78, 5) is 12.6. The highest BCUT2D eigenvalue weighted by Gasteiger charge is 2.18. The van der Waals surface area contributed by atoms with E-state index >= 15 is 0 Å². The van der Waals surface area contributed by atoms with E-state index in [9.17, 15) is 4.79 Å². The summed E-state index contributed by atoms with van der Waals surface area (Å²) >= 11 is 0. The molecule has 4 heteroatoms. The first-order valence-corrected chi connectivity index (χ1v) is 5.78. The molecule has 15 heavy (non-hydrogen) atoms. The maximum atomic E-state index is 10.4. The number of hydrogen-bond acceptors (Lipinski definition) is 3. The molecule has 0 aliphatic carbocycles. The lowest BCUT2D eigenvalue weighted by Crippen LogP contribution is -2.33. The molecule has 1 aliphatic rings. The SMILES string of the molecule is CCN(CCCC(=O)O)CC1CCCO1. The molecule has 88 valence electrons. The molecule has 0 aromatic rings. The molecule has 0 radical (unpaired) electrons. The Kier molecular flexibility index (Phi) is 5.65. The third-order valence-corrected chi connectivity index (χ3v) is 2.80. The molecular weight excluding hydrogens is 194 g/mol. The van der Waals surface area contributed by atoms with Gasteiger partial charge in [0.15, 0.2) is 0 Å². The number of carboxylic acids is 1. The zero-order chi connectivity index (χ0) is 11.1. The minimum absolute atomic E-state index is 0.266. The van der Waals surface area contributed by atoms with Crippen LogP contribution < -0.4 is 0 Å². The Morgan fingerprint density at radius 1 is 1.60 bits per heavy atom. The number of aliphatic carboxylic acids is 1. The summed E-state index contributed by atoms with van der Waals surface area (Å²) in [5.41, 5.74) is 0. The van der Waals surface area contributed by atoms with Crippen LogP contribution in [-0.2, 0) is 9.53 Å². The summed E-state index contributed by atoms with van der Waals surface area (Å²) in [7, 11) is 0. The van der Waals surface area contributed by atoms with Crippen LogP contribution in [0, 0.1) is 0 Å². The number of rotatable bonds is 7. The van der Waals surface area contributed by atoms with Crippen molar-refractivity contribution in [3.8, 4) is 0 Å². The van der Waals surface area contributed by atoms with Crippen molar-refractivity contribution >= 4 is 5.97 Å². The predicted octanol–water partition coefficient (Wildman–Crippen LogP) is 1.35. The van der Waals surface area contributed by atoms with Gasteiger partial charge >= 0.3 is 5.97 Å². The molecule has 1 rings (SSSR count). The molecule has 1 saturated heterocycles. The zero-order valence-electron chi connectivity index (χ0n) is 9.45. The van der Waals surface area contributed by atoms with Gasteiger partial charge in [-0.1, -0.05) is 6.92 Å². The van der Waals surface area contributed by atoms with Gasteiger partial charge < -0.3 is 14.7 Å². The summed E-state index contributed by atoms with van der Waals surface area (Å²) in [6, 6.07) is 0. The van der Waals surface area contributed by atoms with Gasteiger partial charge in [0.2, 0.25) is 0 Å². The van der Waals surface area contributed by atoms with Crippen LogP contribution in [0.5, 0.6) is 0 Å². The minimum Gasteiger partial charge on any atom is -0.481 e. The van der Waals surface area contributed by atoms with Crippen molar-refractivity contribution in [1.29, 1.82) is 0 Å². The van der Waals surface area contributed by atoms with Crippen molar-refractivity contribution in [1.82, 2.24) is 4.90 Å². The third kappa shape index (κ3) is 5.14. The van der Waals surface area contributed by atoms with Crippen LogP contribution >= 0.6 is 0 Å². The monoisotopic (exact) mass is 215 g/mol. The van der Waals surface area contributed by atoms with E-state index in [2.05, 4.69) is 11.8 Å². The van der Waals surface area contributed by atoms with Crippen LogP contribution in [0.25, 0.3) is 0 Å². The molecule has 1 N–H and O–H groups in total. The van der Waals surface area contributed by atoms with E-state index in [4.69, 9.17) is 9.84 Å². The van der Waals surface area contributed by atoms with Gasteiger partial charge in [-0.15, -0.1) is 0 Å². The zero-order valence-corrected chi connectivity index (χ0v) is 9.45. The van der Waals surface area contributed by atoms with Crippen molar-refractivity contribution in [3.63, 3.8) is 0 Å². The van der Waals surface area contributed by atoms with Gasteiger partial charge in [0.05, 0.1) is 6.10 Å². The summed E-state index contributed by atoms with van der Waals surface area (Å²) in [6.45, 7) is 5.78. The maximum absolute atomic E-state index is 10.4. The lowest BCUT2D eigenvalue weighted by Gasteiger charge is -2.23. The molecule has 4 nitrogen and oxygen atoms in total. The number of likely N-dealkylation sites (N-methyl/N-ethyl adjacent to an activating group) is 1. The number of carbonyl (C=O) groups is 1. The summed E-state index contributed by atoms with van der Waals surface area (Å²) in [6.07, 6.45) is 3.68. The highest BCUT2D eigenvalue weighted by molar-refractivity contribution is 5.66. The van der Waals surface area contributed by atoms with E-state index in [-0.39, 0.29) is 6.42 Å². The second kappa shape index (κ2) is 6.80. The number of nitrogens with zero attached hydrogens (tertiary/aromatic N) is 1. The highest BCUT2D eigenvalue weighted by atomic mass is 16.5. The smallest absolute Gasteiger partial charge is 0.303 e. The standard InChI is InChI=1S/C11H21NO3/c1-2-12(7-3-6-11(13)14)9-10-5-4-8-15-10/h10H,2-9H2,1H3,(H,13,14). The van der Waals surface area contributed by atoms with Crippen LogP contribution in [-0.4, -0.2) is 48.3 Å². The Morgan fingerprint density at radius 3 is 2.93 bits per heavy atom. The predicted molar refractivity (Wildman–Crippen MR) is 58.0 cm³/mol. The Labute approximate surface area is 91.2 Å². The Balaban J connectivity index is 2.13. The Hall–Kier alpha value is -0.610. The minimum atomic E-state index is -0.705. The lowest BCUT2D eigenvalue weighted by molar-refractivity contribution is -0.137. The van der Waals surface area contributed by atoms with E-state index in [1.165, 1.54) is 0 Å². The van der Waals surface area contributed by atoms with Gasteiger partial charge in [-0.25, -0.2) is 0 Å². The second-order valence-electron chi connectivity index (χ2n) is 4.03. The van der Waals surface area contributed by atoms with Gasteiger partial charge in [0.1, 0.15) is 0 Å². The first kappa shape index (κ1) is 12.5. The van der Waals surface area contributed by atoms with Crippen molar-refractivity contribution in [3.05, 3.63) is 0 Å². The average Bonchev–Trinajstić information content (AvgIpc) is 2.68. The Bertz CT molecular complexity index is 190. The largest absolute Gasteiger partial charge is 0.481 e. The van der Waals surface area contributed by atoms with Gasteiger partial charge in [-0.2, -0.15) is 0 Å². The van der Waals surface area contributed by atoms with Crippen LogP contribution in [0.15, 0.2) is 0 Å². The van der Waals surface area contributed by atoms with Crippen molar-refractivity contribution in [2.75, 3.05) is 26.2 Å². The molecule has 0 amide bonds. The average molecular weight is 215 g/mol. The number of hydrogen-bond donors (Lipinski definition) is 1. The molecule has 0 bridgehead atoms. The molecule has 1 unspecified atom stereocenters. The van der Waals surface area contributed by atoms with Crippen LogP contribution in [0.2, 0.25) is 0 Å². The molecule has 1 atom stereocenters. The molecule has 1 aliphatic heterocycles. The van der Waals surface area contributed by atoms with E-state index in [1.54, 1.807) is 0 Å². The highest BCUT2D eigenvalue weighted by Crippen LogP contribution is 2.13. The van der Waals surface area contributed by atoms with Crippen molar-refractivity contribution in [2.45, 2.75) is 38.7 Å². The second-order valence-corrected chi connectivity index (χ2v) is 4.03. The first-order valence-electron chi connectivity index (χ1n) is 5.78. The lowest BCUT2D eigenvalue weighted by atomic mass is 10.2. The molecule has 0 aromatic heterocycles. The molecule has 1 heterocycles. The summed E-state index contributed by atoms with van der Waals surface area (Å²) in [5.74, 6) is -0.705. The maximum Gasteiger partial charge on any atom is 0.303 e. The van der Waals surface area contributed by atoms with E-state index < -0.39 is 5.97 Å². The van der Waals surface area contributed by atoms with Crippen LogP contribution in [0.1, 0.15) is 32.6 Å². The number of carboxylic acid groups (broad SMARTS) is 1. The fourth-order valence-electron chi connectivity index (χ4n) is 1.91. The Morgan fingerprint density at radius 2 is 2.40 bits per heavy atom.